The van der Waals surface area contributed by atoms with Gasteiger partial charge in [0.1, 0.15) is 0 Å². The van der Waals surface area contributed by atoms with Crippen molar-refractivity contribution in [3.8, 4) is 5.95 Å². The average molecular weight is 375 g/mol. The largest absolute Gasteiger partial charge is 0.366 e. The molecular weight excluding hydrogens is 354 g/mol. The van der Waals surface area contributed by atoms with Gasteiger partial charge in [-0.1, -0.05) is 18.2 Å². The standard InChI is InChI=1S/C20H21N7O/c28-20(24-16-12-23-27(13-16)19-21-7-3-8-22-19)25-9-4-10-26-17(14-25)11-15-5-1-2-6-18(15)26/h1-3,5-8,12-13,17H,4,9-11,14H2,(H,24,28). The molecule has 8 nitrogen and oxygen atoms in total. The van der Waals surface area contributed by atoms with Gasteiger partial charge in [0.05, 0.1) is 24.1 Å². The van der Waals surface area contributed by atoms with Crippen LogP contribution in [-0.2, 0) is 6.42 Å². The molecule has 1 unspecified atom stereocenters. The molecule has 142 valence electrons. The molecule has 0 saturated carbocycles. The van der Waals surface area contributed by atoms with Crippen LogP contribution in [0.15, 0.2) is 55.1 Å². The Kier molecular flexibility index (Phi) is 4.16. The first kappa shape index (κ1) is 16.7. The molecule has 28 heavy (non-hydrogen) atoms. The maximum atomic E-state index is 12.9. The third kappa shape index (κ3) is 3.06. The fourth-order valence-corrected chi connectivity index (χ4v) is 4.06. The van der Waals surface area contributed by atoms with E-state index in [-0.39, 0.29) is 6.03 Å². The number of aromatic nitrogens is 4. The Bertz CT molecular complexity index is 987. The fourth-order valence-electron chi connectivity index (χ4n) is 4.06. The maximum absolute atomic E-state index is 12.9. The Balaban J connectivity index is 1.27. The summed E-state index contributed by atoms with van der Waals surface area (Å²) in [5.41, 5.74) is 3.33. The van der Waals surface area contributed by atoms with Gasteiger partial charge in [0.25, 0.3) is 0 Å². The molecule has 0 bridgehead atoms. The van der Waals surface area contributed by atoms with E-state index in [1.165, 1.54) is 11.3 Å². The highest BCUT2D eigenvalue weighted by Crippen LogP contribution is 2.33. The van der Waals surface area contributed by atoms with Crippen molar-refractivity contribution in [3.05, 3.63) is 60.7 Å². The van der Waals surface area contributed by atoms with Crippen LogP contribution in [0, 0.1) is 0 Å². The van der Waals surface area contributed by atoms with Crippen LogP contribution >= 0.6 is 0 Å². The van der Waals surface area contributed by atoms with Crippen LogP contribution < -0.4 is 10.2 Å². The summed E-state index contributed by atoms with van der Waals surface area (Å²) in [5, 5.41) is 7.19. The van der Waals surface area contributed by atoms with Crippen molar-refractivity contribution < 1.29 is 4.79 Å². The van der Waals surface area contributed by atoms with Crippen molar-refractivity contribution in [2.24, 2.45) is 0 Å². The summed E-state index contributed by atoms with van der Waals surface area (Å²) in [6, 6.07) is 10.5. The molecule has 2 aliphatic heterocycles. The molecule has 1 aromatic carbocycles. The van der Waals surface area contributed by atoms with Crippen LogP contribution in [0.5, 0.6) is 0 Å². The number of amides is 2. The summed E-state index contributed by atoms with van der Waals surface area (Å²) >= 11 is 0. The molecule has 1 fully saturated rings. The highest BCUT2D eigenvalue weighted by Gasteiger charge is 2.33. The first-order valence-electron chi connectivity index (χ1n) is 9.50. The van der Waals surface area contributed by atoms with Gasteiger partial charge >= 0.3 is 6.03 Å². The molecule has 1 atom stereocenters. The van der Waals surface area contributed by atoms with Gasteiger partial charge in [-0.3, -0.25) is 0 Å². The number of hydrogen-bond donors (Lipinski definition) is 1. The number of nitrogens with one attached hydrogen (secondary N) is 1. The fraction of sp³-hybridized carbons (Fsp3) is 0.300. The lowest BCUT2D eigenvalue weighted by Crippen LogP contribution is -2.43. The Hall–Kier alpha value is -3.42. The van der Waals surface area contributed by atoms with Crippen molar-refractivity contribution in [1.82, 2.24) is 24.6 Å². The number of rotatable bonds is 2. The van der Waals surface area contributed by atoms with E-state index in [4.69, 9.17) is 0 Å². The maximum Gasteiger partial charge on any atom is 0.322 e. The molecule has 2 aliphatic rings. The van der Waals surface area contributed by atoms with Crippen molar-refractivity contribution in [3.63, 3.8) is 0 Å². The SMILES string of the molecule is O=C(Nc1cnn(-c2ncccn2)c1)N1CCCN2c3ccccc3CC2C1. The van der Waals surface area contributed by atoms with Crippen molar-refractivity contribution in [1.29, 1.82) is 0 Å². The van der Waals surface area contributed by atoms with E-state index < -0.39 is 0 Å². The number of para-hydroxylation sites is 1. The Morgan fingerprint density at radius 2 is 1.96 bits per heavy atom. The first-order chi connectivity index (χ1) is 13.8. The second-order valence-electron chi connectivity index (χ2n) is 7.13. The van der Waals surface area contributed by atoms with E-state index in [2.05, 4.69) is 49.5 Å². The zero-order chi connectivity index (χ0) is 18.9. The minimum absolute atomic E-state index is 0.0914. The van der Waals surface area contributed by atoms with Crippen LogP contribution in [0.3, 0.4) is 0 Å². The lowest BCUT2D eigenvalue weighted by molar-refractivity contribution is 0.211. The lowest BCUT2D eigenvalue weighted by Gasteiger charge is -2.27. The van der Waals surface area contributed by atoms with Gasteiger partial charge in [0, 0.05) is 37.7 Å². The summed E-state index contributed by atoms with van der Waals surface area (Å²) in [7, 11) is 0. The molecular formula is C20H21N7O. The summed E-state index contributed by atoms with van der Waals surface area (Å²) in [6.07, 6.45) is 8.60. The van der Waals surface area contributed by atoms with Crippen LogP contribution in [-0.4, -0.2) is 56.4 Å². The summed E-state index contributed by atoms with van der Waals surface area (Å²) in [4.78, 5) is 25.5. The number of urea groups is 1. The molecule has 1 saturated heterocycles. The molecule has 5 rings (SSSR count). The van der Waals surface area contributed by atoms with E-state index in [9.17, 15) is 4.79 Å². The van der Waals surface area contributed by atoms with Crippen LogP contribution in [0.2, 0.25) is 0 Å². The molecule has 2 amide bonds. The van der Waals surface area contributed by atoms with Gasteiger partial charge < -0.3 is 15.1 Å². The quantitative estimate of drug-likeness (QED) is 0.744. The highest BCUT2D eigenvalue weighted by atomic mass is 16.2. The molecule has 3 aromatic rings. The molecule has 1 N–H and O–H groups in total. The monoisotopic (exact) mass is 375 g/mol. The molecule has 0 aliphatic carbocycles. The van der Waals surface area contributed by atoms with Gasteiger partial charge in [0.15, 0.2) is 0 Å². The zero-order valence-electron chi connectivity index (χ0n) is 15.4. The van der Waals surface area contributed by atoms with E-state index in [1.54, 1.807) is 35.5 Å². The smallest absolute Gasteiger partial charge is 0.322 e. The van der Waals surface area contributed by atoms with Crippen LogP contribution in [0.1, 0.15) is 12.0 Å². The van der Waals surface area contributed by atoms with Gasteiger partial charge in [-0.2, -0.15) is 5.10 Å². The number of carbonyl (C=O) groups excluding carboxylic acids is 1. The van der Waals surface area contributed by atoms with Gasteiger partial charge in [-0.25, -0.2) is 19.4 Å². The van der Waals surface area contributed by atoms with Gasteiger partial charge in [0.2, 0.25) is 5.95 Å². The van der Waals surface area contributed by atoms with E-state index in [0.717, 1.165) is 32.5 Å². The normalized spacial score (nSPS) is 18.4. The number of carbonyl (C=O) groups is 1. The van der Waals surface area contributed by atoms with Crippen molar-refractivity contribution in [2.45, 2.75) is 18.9 Å². The minimum atomic E-state index is -0.0914. The van der Waals surface area contributed by atoms with E-state index in [1.807, 2.05) is 4.90 Å². The topological polar surface area (TPSA) is 79.2 Å². The minimum Gasteiger partial charge on any atom is -0.366 e. The number of nitrogens with zero attached hydrogens (tertiary/aromatic N) is 6. The number of anilines is 2. The van der Waals surface area contributed by atoms with E-state index in [0.29, 0.717) is 17.7 Å². The molecule has 0 radical (unpaired) electrons. The van der Waals surface area contributed by atoms with Crippen LogP contribution in [0.4, 0.5) is 16.2 Å². The third-order valence-corrected chi connectivity index (χ3v) is 5.33. The Labute approximate surface area is 162 Å². The number of hydrogen-bond acceptors (Lipinski definition) is 5. The first-order valence-corrected chi connectivity index (χ1v) is 9.50. The predicted molar refractivity (Wildman–Crippen MR) is 106 cm³/mol. The number of fused-ring (bicyclic) bond motifs is 3. The molecule has 4 heterocycles. The summed E-state index contributed by atoms with van der Waals surface area (Å²) in [5.74, 6) is 0.470. The Morgan fingerprint density at radius 1 is 1.11 bits per heavy atom. The zero-order valence-corrected chi connectivity index (χ0v) is 15.4. The van der Waals surface area contributed by atoms with Gasteiger partial charge in [-0.05, 0) is 30.5 Å². The predicted octanol–water partition coefficient (Wildman–Crippen LogP) is 2.33. The molecule has 2 aromatic heterocycles. The lowest BCUT2D eigenvalue weighted by atomic mass is 10.1. The highest BCUT2D eigenvalue weighted by molar-refractivity contribution is 5.89. The van der Waals surface area contributed by atoms with E-state index >= 15 is 0 Å². The number of benzene rings is 1. The Morgan fingerprint density at radius 3 is 2.86 bits per heavy atom. The third-order valence-electron chi connectivity index (χ3n) is 5.33. The molecule has 8 heteroatoms. The van der Waals surface area contributed by atoms with Gasteiger partial charge in [-0.15, -0.1) is 0 Å². The van der Waals surface area contributed by atoms with Crippen LogP contribution in [0.25, 0.3) is 5.95 Å². The average Bonchev–Trinajstić information content (AvgIpc) is 3.27. The summed E-state index contributed by atoms with van der Waals surface area (Å²) < 4.78 is 1.55. The second kappa shape index (κ2) is 6.95. The van der Waals surface area contributed by atoms with Crippen molar-refractivity contribution in [2.75, 3.05) is 29.9 Å². The van der Waals surface area contributed by atoms with Crippen molar-refractivity contribution >= 4 is 17.4 Å². The molecule has 0 spiro atoms. The summed E-state index contributed by atoms with van der Waals surface area (Å²) in [6.45, 7) is 2.45. The second-order valence-corrected chi connectivity index (χ2v) is 7.13.